The fraction of sp³-hybridized carbons (Fsp3) is 0.476. The van der Waals surface area contributed by atoms with Gasteiger partial charge in [-0.05, 0) is 70.0 Å². The lowest BCUT2D eigenvalue weighted by molar-refractivity contribution is 0.114. The van der Waals surface area contributed by atoms with Gasteiger partial charge < -0.3 is 15.3 Å². The number of amidine groups is 1. The van der Waals surface area contributed by atoms with Gasteiger partial charge in [-0.15, -0.1) is 0 Å². The lowest BCUT2D eigenvalue weighted by Gasteiger charge is -2.49. The summed E-state index contributed by atoms with van der Waals surface area (Å²) >= 11 is 1.07. The van der Waals surface area contributed by atoms with Crippen molar-refractivity contribution in [3.63, 3.8) is 0 Å². The number of aromatic hydroxyl groups is 1. The fourth-order valence-electron chi connectivity index (χ4n) is 4.24. The highest BCUT2D eigenvalue weighted by atomic mass is 32.2. The molecule has 8 heteroatoms. The van der Waals surface area contributed by atoms with Crippen molar-refractivity contribution in [3.8, 4) is 16.9 Å². The highest BCUT2D eigenvalue weighted by Gasteiger charge is 2.39. The van der Waals surface area contributed by atoms with Crippen molar-refractivity contribution in [3.05, 3.63) is 36.2 Å². The van der Waals surface area contributed by atoms with Crippen molar-refractivity contribution in [2.75, 3.05) is 7.05 Å². The Balaban J connectivity index is 1.69. The lowest BCUT2D eigenvalue weighted by atomic mass is 9.79. The molecule has 1 fully saturated rings. The number of rotatable bonds is 3. The predicted molar refractivity (Wildman–Crippen MR) is 120 cm³/mol. The molecule has 0 radical (unpaired) electrons. The second kappa shape index (κ2) is 7.84. The van der Waals surface area contributed by atoms with Gasteiger partial charge in [-0.25, -0.2) is 0 Å². The zero-order valence-corrected chi connectivity index (χ0v) is 18.4. The third kappa shape index (κ3) is 5.00. The summed E-state index contributed by atoms with van der Waals surface area (Å²) in [6.45, 7) is 8.75. The normalized spacial score (nSPS) is 18.4. The number of H-pyrrole nitrogens is 1. The molecule has 0 bridgehead atoms. The molecule has 5 N–H and O–H groups in total. The van der Waals surface area contributed by atoms with E-state index in [1.165, 1.54) is 0 Å². The highest BCUT2D eigenvalue weighted by molar-refractivity contribution is 8.26. The maximum Gasteiger partial charge on any atom is 0.162 e. The molecule has 3 rings (SSSR count). The van der Waals surface area contributed by atoms with Crippen LogP contribution in [0.25, 0.3) is 11.1 Å². The van der Waals surface area contributed by atoms with E-state index in [0.717, 1.165) is 35.7 Å². The molecule has 0 unspecified atom stereocenters. The highest BCUT2D eigenvalue weighted by Crippen LogP contribution is 2.33. The molecule has 0 atom stereocenters. The van der Waals surface area contributed by atoms with Crippen LogP contribution in [0.4, 0.5) is 0 Å². The van der Waals surface area contributed by atoms with Crippen LogP contribution in [0, 0.1) is 10.8 Å². The number of phenolic OH excluding ortho intramolecular Hbond substituents is 1. The molecule has 29 heavy (non-hydrogen) atoms. The van der Waals surface area contributed by atoms with E-state index in [2.05, 4.69) is 43.2 Å². The Bertz CT molecular complexity index is 890. The molecule has 1 aromatic heterocycles. The van der Waals surface area contributed by atoms with Crippen LogP contribution in [0.15, 0.2) is 30.6 Å². The van der Waals surface area contributed by atoms with Crippen molar-refractivity contribution < 1.29 is 5.11 Å². The molecule has 7 nitrogen and oxygen atoms in total. The Labute approximate surface area is 176 Å². The van der Waals surface area contributed by atoms with Crippen molar-refractivity contribution in [2.24, 2.45) is 0 Å². The summed E-state index contributed by atoms with van der Waals surface area (Å²) in [5.41, 5.74) is 2.09. The largest absolute Gasteiger partial charge is 0.507 e. The first kappa shape index (κ1) is 21.4. The number of thioether (sulfide) groups is 1. The SMILES string of the molecule is CN(C(=N)SC(=N)c1ccc(-c2cn[nH]c2)cc1O)C1CC(C)(C)NC(C)(C)C1. The maximum atomic E-state index is 10.4. The quantitative estimate of drug-likeness (QED) is 0.385. The van der Waals surface area contributed by atoms with Gasteiger partial charge in [0, 0.05) is 41.5 Å². The van der Waals surface area contributed by atoms with Gasteiger partial charge in [0.2, 0.25) is 0 Å². The van der Waals surface area contributed by atoms with E-state index in [1.54, 1.807) is 24.5 Å². The first-order valence-corrected chi connectivity index (χ1v) is 10.5. The van der Waals surface area contributed by atoms with Crippen LogP contribution in [0.5, 0.6) is 5.75 Å². The molecule has 2 heterocycles. The van der Waals surface area contributed by atoms with Crippen LogP contribution in [-0.2, 0) is 0 Å². The van der Waals surface area contributed by atoms with Gasteiger partial charge in [-0.1, -0.05) is 6.07 Å². The Morgan fingerprint density at radius 1 is 1.17 bits per heavy atom. The Morgan fingerprint density at radius 2 is 1.83 bits per heavy atom. The standard InChI is InChI=1S/C21H30N6OS/c1-20(2)9-15(10-21(3,4)26-20)27(5)19(23)29-18(22)16-7-6-13(8-17(16)28)14-11-24-25-12-14/h6-8,11-12,15,22-23,26,28H,9-10H2,1-5H3,(H,24,25). The van der Waals surface area contributed by atoms with Crippen molar-refractivity contribution in [1.29, 1.82) is 10.8 Å². The second-order valence-electron chi connectivity index (χ2n) is 9.02. The van der Waals surface area contributed by atoms with E-state index in [1.807, 2.05) is 18.0 Å². The summed E-state index contributed by atoms with van der Waals surface area (Å²) in [6.07, 6.45) is 5.28. The molecule has 2 aromatic rings. The molecule has 1 aromatic carbocycles. The maximum absolute atomic E-state index is 10.4. The topological polar surface area (TPSA) is 112 Å². The number of phenols is 1. The molecule has 0 spiro atoms. The minimum Gasteiger partial charge on any atom is -0.507 e. The fourth-order valence-corrected chi connectivity index (χ4v) is 5.01. The number of benzene rings is 1. The third-order valence-corrected chi connectivity index (χ3v) is 6.21. The number of piperidine rings is 1. The van der Waals surface area contributed by atoms with E-state index in [0.29, 0.717) is 10.7 Å². The summed E-state index contributed by atoms with van der Waals surface area (Å²) in [5.74, 6) is 0.0285. The zero-order chi connectivity index (χ0) is 21.4. The molecular formula is C21H30N6OS. The first-order valence-electron chi connectivity index (χ1n) is 9.67. The van der Waals surface area contributed by atoms with E-state index < -0.39 is 0 Å². The molecule has 1 saturated heterocycles. The Morgan fingerprint density at radius 3 is 2.38 bits per heavy atom. The summed E-state index contributed by atoms with van der Waals surface area (Å²) < 4.78 is 0. The molecular weight excluding hydrogens is 384 g/mol. The third-order valence-electron chi connectivity index (χ3n) is 5.31. The number of hydrogen-bond acceptors (Lipinski definition) is 6. The van der Waals surface area contributed by atoms with Gasteiger partial charge in [0.15, 0.2) is 5.17 Å². The first-order chi connectivity index (χ1) is 13.5. The van der Waals surface area contributed by atoms with Gasteiger partial charge in [-0.2, -0.15) is 5.10 Å². The molecule has 1 aliphatic rings. The van der Waals surface area contributed by atoms with Crippen LogP contribution < -0.4 is 5.32 Å². The van der Waals surface area contributed by atoms with Crippen LogP contribution in [-0.4, -0.2) is 54.6 Å². The predicted octanol–water partition coefficient (Wildman–Crippen LogP) is 4.02. The van der Waals surface area contributed by atoms with Crippen LogP contribution in [0.1, 0.15) is 46.1 Å². The van der Waals surface area contributed by atoms with Crippen LogP contribution in [0.3, 0.4) is 0 Å². The number of aromatic amines is 1. The van der Waals surface area contributed by atoms with Crippen molar-refractivity contribution in [2.45, 2.75) is 57.7 Å². The molecule has 0 aliphatic carbocycles. The summed E-state index contributed by atoms with van der Waals surface area (Å²) in [5, 5.41) is 38.2. The van der Waals surface area contributed by atoms with Gasteiger partial charge in [0.1, 0.15) is 10.8 Å². The lowest BCUT2D eigenvalue weighted by Crippen LogP contribution is -2.62. The molecule has 0 saturated carbocycles. The van der Waals surface area contributed by atoms with Crippen molar-refractivity contribution >= 4 is 22.0 Å². The second-order valence-corrected chi connectivity index (χ2v) is 10.0. The summed E-state index contributed by atoms with van der Waals surface area (Å²) in [4.78, 5) is 1.96. The van der Waals surface area contributed by atoms with E-state index >= 15 is 0 Å². The average molecular weight is 415 g/mol. The molecule has 0 amide bonds. The monoisotopic (exact) mass is 414 g/mol. The average Bonchev–Trinajstić information content (AvgIpc) is 3.12. The summed E-state index contributed by atoms with van der Waals surface area (Å²) in [7, 11) is 1.92. The molecule has 156 valence electrons. The summed E-state index contributed by atoms with van der Waals surface area (Å²) in [6, 6.07) is 5.41. The number of nitrogens with one attached hydrogen (secondary N) is 4. The Hall–Kier alpha value is -2.32. The van der Waals surface area contributed by atoms with Gasteiger partial charge >= 0.3 is 0 Å². The number of nitrogens with zero attached hydrogens (tertiary/aromatic N) is 2. The van der Waals surface area contributed by atoms with Gasteiger partial charge in [0.25, 0.3) is 0 Å². The van der Waals surface area contributed by atoms with Gasteiger partial charge in [0.05, 0.1) is 6.20 Å². The number of aromatic nitrogens is 2. The minimum absolute atomic E-state index is 0.0136. The van der Waals surface area contributed by atoms with E-state index in [-0.39, 0.29) is 27.9 Å². The van der Waals surface area contributed by atoms with Crippen LogP contribution >= 0.6 is 11.8 Å². The molecule has 1 aliphatic heterocycles. The minimum atomic E-state index is -0.0136. The van der Waals surface area contributed by atoms with Gasteiger partial charge in [-0.3, -0.25) is 15.9 Å². The Kier molecular flexibility index (Phi) is 5.78. The number of hydrogen-bond donors (Lipinski definition) is 5. The zero-order valence-electron chi connectivity index (χ0n) is 17.6. The van der Waals surface area contributed by atoms with E-state index in [9.17, 15) is 5.11 Å². The van der Waals surface area contributed by atoms with Crippen molar-refractivity contribution in [1.82, 2.24) is 20.4 Å². The smallest absolute Gasteiger partial charge is 0.162 e. The van der Waals surface area contributed by atoms with Crippen LogP contribution in [0.2, 0.25) is 0 Å². The van der Waals surface area contributed by atoms with E-state index in [4.69, 9.17) is 10.8 Å².